The van der Waals surface area contributed by atoms with E-state index in [-0.39, 0.29) is 11.8 Å². The number of carbonyl (C=O) groups excluding carboxylic acids is 1. The van der Waals surface area contributed by atoms with Crippen LogP contribution in [0.3, 0.4) is 0 Å². The molecule has 0 radical (unpaired) electrons. The van der Waals surface area contributed by atoms with E-state index in [1.165, 1.54) is 4.90 Å². The van der Waals surface area contributed by atoms with E-state index in [4.69, 9.17) is 5.11 Å². The Bertz CT molecular complexity index is 226. The van der Waals surface area contributed by atoms with Gasteiger partial charge in [0.2, 0.25) is 0 Å². The maximum absolute atomic E-state index is 11.0. The normalized spacial score (nSPS) is 34.9. The Labute approximate surface area is 63.8 Å². The Hall–Kier alpha value is -1.06. The number of nitrogens with zero attached hydrogens (tertiary/aromatic N) is 1. The molecule has 4 nitrogen and oxygen atoms in total. The van der Waals surface area contributed by atoms with Gasteiger partial charge in [-0.05, 0) is 6.42 Å². The third kappa shape index (κ3) is 0.751. The van der Waals surface area contributed by atoms with Crippen molar-refractivity contribution < 1.29 is 14.7 Å². The van der Waals surface area contributed by atoms with E-state index in [0.29, 0.717) is 18.9 Å². The van der Waals surface area contributed by atoms with Gasteiger partial charge in [0.15, 0.2) is 5.78 Å². The fraction of sp³-hybridized carbons (Fsp3) is 0.714. The van der Waals surface area contributed by atoms with Crippen LogP contribution < -0.4 is 0 Å². The summed E-state index contributed by atoms with van der Waals surface area (Å²) in [5, 5.41) is 8.57. The van der Waals surface area contributed by atoms with E-state index in [1.54, 1.807) is 0 Å². The summed E-state index contributed by atoms with van der Waals surface area (Å²) in [6.07, 6.45) is 0.494. The highest BCUT2D eigenvalue weighted by molar-refractivity contribution is 5.91. The summed E-state index contributed by atoms with van der Waals surface area (Å²) in [6.45, 7) is 0.561. The van der Waals surface area contributed by atoms with E-state index >= 15 is 0 Å². The molecule has 2 atom stereocenters. The number of likely N-dealkylation sites (tertiary alicyclic amines) is 1. The number of carboxylic acid groups (broad SMARTS) is 1. The molecule has 60 valence electrons. The van der Waals surface area contributed by atoms with Gasteiger partial charge in [-0.2, -0.15) is 0 Å². The largest absolute Gasteiger partial charge is 0.465 e. The lowest BCUT2D eigenvalue weighted by Crippen LogP contribution is -2.58. The van der Waals surface area contributed by atoms with Crippen molar-refractivity contribution >= 4 is 11.9 Å². The molecule has 11 heavy (non-hydrogen) atoms. The number of amides is 1. The number of rotatable bonds is 0. The molecule has 0 aromatic rings. The second kappa shape index (κ2) is 1.96. The molecule has 0 aromatic heterocycles. The second-order valence-electron chi connectivity index (χ2n) is 3.14. The third-order valence-corrected chi connectivity index (χ3v) is 2.55. The lowest BCUT2D eigenvalue weighted by atomic mass is 9.92. The summed E-state index contributed by atoms with van der Waals surface area (Å²) in [6, 6.07) is -0.285. The van der Waals surface area contributed by atoms with Crippen LogP contribution in [0.1, 0.15) is 12.8 Å². The highest BCUT2D eigenvalue weighted by atomic mass is 16.4. The van der Waals surface area contributed by atoms with Crippen LogP contribution in [0.25, 0.3) is 0 Å². The van der Waals surface area contributed by atoms with Gasteiger partial charge >= 0.3 is 6.09 Å². The molecule has 2 unspecified atom stereocenters. The van der Waals surface area contributed by atoms with Gasteiger partial charge in [-0.3, -0.25) is 9.69 Å². The Morgan fingerprint density at radius 3 is 2.91 bits per heavy atom. The lowest BCUT2D eigenvalue weighted by molar-refractivity contribution is -0.125. The minimum Gasteiger partial charge on any atom is -0.465 e. The smallest absolute Gasteiger partial charge is 0.407 e. The number of Topliss-reactive ketones (excluding diaryl/α,β-unsaturated/α-hetero) is 1. The monoisotopic (exact) mass is 155 g/mol. The van der Waals surface area contributed by atoms with Crippen LogP contribution in [0.2, 0.25) is 0 Å². The first-order chi connectivity index (χ1) is 5.20. The van der Waals surface area contributed by atoms with Crippen molar-refractivity contribution in [1.82, 2.24) is 4.90 Å². The summed E-state index contributed by atoms with van der Waals surface area (Å²) in [5.74, 6) is 0.433. The van der Waals surface area contributed by atoms with Gasteiger partial charge in [-0.1, -0.05) is 0 Å². The van der Waals surface area contributed by atoms with E-state index in [1.807, 2.05) is 0 Å². The van der Waals surface area contributed by atoms with E-state index < -0.39 is 6.09 Å². The molecule has 0 aromatic carbocycles. The van der Waals surface area contributed by atoms with Gasteiger partial charge < -0.3 is 5.11 Å². The number of hydrogen-bond donors (Lipinski definition) is 1. The van der Waals surface area contributed by atoms with Gasteiger partial charge in [-0.15, -0.1) is 0 Å². The zero-order valence-corrected chi connectivity index (χ0v) is 5.99. The molecule has 1 amide bonds. The molecule has 0 spiro atoms. The van der Waals surface area contributed by atoms with Gasteiger partial charge in [0.05, 0.1) is 6.04 Å². The molecule has 2 fully saturated rings. The van der Waals surface area contributed by atoms with Crippen LogP contribution in [-0.2, 0) is 4.79 Å². The maximum atomic E-state index is 11.0. The first-order valence-corrected chi connectivity index (χ1v) is 3.72. The topological polar surface area (TPSA) is 57.6 Å². The molecule has 0 bridgehead atoms. The van der Waals surface area contributed by atoms with Gasteiger partial charge in [-0.25, -0.2) is 4.79 Å². The van der Waals surface area contributed by atoms with Crippen LogP contribution >= 0.6 is 0 Å². The minimum atomic E-state index is -0.957. The first-order valence-electron chi connectivity index (χ1n) is 3.72. The summed E-state index contributed by atoms with van der Waals surface area (Å²) in [4.78, 5) is 22.7. The highest BCUT2D eigenvalue weighted by Gasteiger charge is 2.49. The molecule has 1 aliphatic carbocycles. The molecule has 1 aliphatic heterocycles. The van der Waals surface area contributed by atoms with Crippen molar-refractivity contribution in [1.29, 1.82) is 0 Å². The van der Waals surface area contributed by atoms with E-state index in [2.05, 4.69) is 0 Å². The third-order valence-electron chi connectivity index (χ3n) is 2.55. The Morgan fingerprint density at radius 1 is 1.64 bits per heavy atom. The average Bonchev–Trinajstić information content (AvgIpc) is 2.06. The van der Waals surface area contributed by atoms with Gasteiger partial charge in [0, 0.05) is 18.9 Å². The predicted molar refractivity (Wildman–Crippen MR) is 36.2 cm³/mol. The quantitative estimate of drug-likeness (QED) is 0.548. The molecule has 1 saturated carbocycles. The van der Waals surface area contributed by atoms with Crippen molar-refractivity contribution in [2.45, 2.75) is 18.9 Å². The number of carbonyl (C=O) groups is 2. The maximum Gasteiger partial charge on any atom is 0.407 e. The van der Waals surface area contributed by atoms with Crippen molar-refractivity contribution in [2.24, 2.45) is 5.92 Å². The molecule has 4 heteroatoms. The predicted octanol–water partition coefficient (Wildman–Crippen LogP) is 0.328. The average molecular weight is 155 g/mol. The van der Waals surface area contributed by atoms with E-state index in [9.17, 15) is 9.59 Å². The van der Waals surface area contributed by atoms with Crippen LogP contribution in [0, 0.1) is 5.92 Å². The molecular weight excluding hydrogens is 146 g/mol. The zero-order valence-electron chi connectivity index (χ0n) is 5.99. The first kappa shape index (κ1) is 6.64. The second-order valence-corrected chi connectivity index (χ2v) is 3.14. The van der Waals surface area contributed by atoms with E-state index in [0.717, 1.165) is 6.42 Å². The lowest BCUT2D eigenvalue weighted by Gasteiger charge is -2.40. The molecule has 2 rings (SSSR count). The number of hydrogen-bond acceptors (Lipinski definition) is 2. The van der Waals surface area contributed by atoms with Crippen molar-refractivity contribution in [3.05, 3.63) is 0 Å². The molecule has 1 saturated heterocycles. The fourth-order valence-electron chi connectivity index (χ4n) is 1.94. The summed E-state index contributed by atoms with van der Waals surface area (Å²) in [7, 11) is 0. The van der Waals surface area contributed by atoms with Gasteiger partial charge in [0.25, 0.3) is 0 Å². The molecule has 1 N–H and O–H groups in total. The summed E-state index contributed by atoms with van der Waals surface area (Å²) >= 11 is 0. The summed E-state index contributed by atoms with van der Waals surface area (Å²) in [5.41, 5.74) is 0. The van der Waals surface area contributed by atoms with Gasteiger partial charge in [0.1, 0.15) is 0 Å². The number of ketones is 1. The SMILES string of the molecule is O=C1CCC2CN(C(=O)O)C12. The summed E-state index contributed by atoms with van der Waals surface area (Å²) < 4.78 is 0. The van der Waals surface area contributed by atoms with Crippen LogP contribution in [0.4, 0.5) is 4.79 Å². The fourth-order valence-corrected chi connectivity index (χ4v) is 1.94. The van der Waals surface area contributed by atoms with Crippen molar-refractivity contribution in [3.8, 4) is 0 Å². The van der Waals surface area contributed by atoms with Crippen molar-refractivity contribution in [2.75, 3.05) is 6.54 Å². The van der Waals surface area contributed by atoms with Crippen molar-refractivity contribution in [3.63, 3.8) is 0 Å². The Kier molecular flexibility index (Phi) is 1.19. The highest BCUT2D eigenvalue weighted by Crippen LogP contribution is 2.36. The minimum absolute atomic E-state index is 0.101. The molecule has 2 aliphatic rings. The van der Waals surface area contributed by atoms with Crippen LogP contribution in [-0.4, -0.2) is 34.5 Å². The molecule has 1 heterocycles. The number of fused-ring (bicyclic) bond motifs is 1. The van der Waals surface area contributed by atoms with Crippen LogP contribution in [0.15, 0.2) is 0 Å². The standard InChI is InChI=1S/C7H9NO3/c9-5-2-1-4-3-8(6(4)5)7(10)11/h4,6H,1-3H2,(H,10,11). The van der Waals surface area contributed by atoms with Crippen LogP contribution in [0.5, 0.6) is 0 Å². The molecular formula is C7H9NO3. The zero-order chi connectivity index (χ0) is 8.01. The Balaban J connectivity index is 2.11. The Morgan fingerprint density at radius 2 is 2.36 bits per heavy atom.